The second-order valence-electron chi connectivity index (χ2n) is 24.4. The largest absolute Gasteiger partial charge is 0.444 e. The zero-order chi connectivity index (χ0) is 68.5. The number of aromatic nitrogens is 4. The first-order chi connectivity index (χ1) is 45.2. The molecule has 0 saturated heterocycles. The number of esters is 1. The minimum atomic E-state index is -3.58. The van der Waals surface area contributed by atoms with Crippen molar-refractivity contribution in [2.45, 2.75) is 136 Å². The summed E-state index contributed by atoms with van der Waals surface area (Å²) in [5, 5.41) is 34.4. The Bertz CT molecular complexity index is 3910. The van der Waals surface area contributed by atoms with E-state index < -0.39 is 94.2 Å². The molecule has 1 aliphatic carbocycles. The van der Waals surface area contributed by atoms with Gasteiger partial charge in [-0.1, -0.05) is 51.1 Å². The maximum atomic E-state index is 15.5. The number of anilines is 1. The molecule has 9 rings (SSSR count). The maximum Gasteiger partial charge on any atom is 0.411 e. The molecule has 4 aromatic rings. The minimum absolute atomic E-state index is 0.0396. The van der Waals surface area contributed by atoms with Crippen LogP contribution >= 0.6 is 0 Å². The van der Waals surface area contributed by atoms with Crippen molar-refractivity contribution in [1.29, 1.82) is 0 Å². The number of rotatable bonds is 31. The van der Waals surface area contributed by atoms with Gasteiger partial charge in [0.25, 0.3) is 11.8 Å². The van der Waals surface area contributed by atoms with Gasteiger partial charge in [0.2, 0.25) is 29.5 Å². The Labute approximate surface area is 547 Å². The number of ether oxygens (including phenoxy) is 4. The van der Waals surface area contributed by atoms with E-state index in [1.165, 1.54) is 34.7 Å². The third-order valence-corrected chi connectivity index (χ3v) is 18.1. The van der Waals surface area contributed by atoms with Gasteiger partial charge in [-0.25, -0.2) is 32.1 Å². The number of nitrogens with one attached hydrogen (secondary N) is 5. The van der Waals surface area contributed by atoms with E-state index in [0.29, 0.717) is 95.6 Å². The van der Waals surface area contributed by atoms with Crippen molar-refractivity contribution in [2.75, 3.05) is 63.5 Å². The summed E-state index contributed by atoms with van der Waals surface area (Å²) >= 11 is 0. The van der Waals surface area contributed by atoms with Crippen molar-refractivity contribution in [1.82, 2.24) is 55.9 Å². The lowest BCUT2D eigenvalue weighted by Gasteiger charge is -2.39. The predicted molar refractivity (Wildman–Crippen MR) is 340 cm³/mol. The lowest BCUT2D eigenvalue weighted by atomic mass is 9.81. The number of sulfone groups is 1. The van der Waals surface area contributed by atoms with Crippen LogP contribution in [0.1, 0.15) is 118 Å². The molecule has 0 bridgehead atoms. The Morgan fingerprint density at radius 1 is 0.926 bits per heavy atom. The summed E-state index contributed by atoms with van der Waals surface area (Å²) in [4.78, 5) is 125. The van der Waals surface area contributed by atoms with Gasteiger partial charge < -0.3 is 55.5 Å². The summed E-state index contributed by atoms with van der Waals surface area (Å²) in [7, 11) is -3.58. The molecule has 2 aromatic carbocycles. The molecule has 95 heavy (non-hydrogen) atoms. The van der Waals surface area contributed by atoms with E-state index in [0.717, 1.165) is 27.8 Å². The summed E-state index contributed by atoms with van der Waals surface area (Å²) in [5.41, 5.74) is 4.57. The predicted octanol–water partition coefficient (Wildman–Crippen LogP) is 3.51. The van der Waals surface area contributed by atoms with Crippen LogP contribution in [0.25, 0.3) is 16.6 Å². The summed E-state index contributed by atoms with van der Waals surface area (Å²) in [6, 6.07) is 5.00. The fourth-order valence-corrected chi connectivity index (χ4v) is 12.3. The van der Waals surface area contributed by atoms with Crippen molar-refractivity contribution in [2.24, 2.45) is 5.92 Å². The monoisotopic (exact) mass is 1330 g/mol. The van der Waals surface area contributed by atoms with Gasteiger partial charge in [-0.05, 0) is 92.3 Å². The molecule has 28 nitrogen and oxygen atoms in total. The molecular formula is C65H79FN12O16S. The van der Waals surface area contributed by atoms with Crippen molar-refractivity contribution in [3.05, 3.63) is 123 Å². The molecule has 508 valence electrons. The second-order valence-corrected chi connectivity index (χ2v) is 26.6. The zero-order valence-electron chi connectivity index (χ0n) is 53.8. The number of carbonyl (C=O) groups excluding carboxylic acids is 9. The SMILES string of the molecule is C=C1OC(=O)C2=C(C=C3c4nc5cc(F)c(C)c6c5c(c4CN3C2)[C@@H](NC(=O)COCN(CCS(C)(=O)=O)C(=O)OCc2ccc(NC(=O)[C@H](C)NC(=O)[C@@H](NC(=O)CCOCCn3cc(CNC(=O)CCCCCN4C(=O)C=CC4=O)nn3)C(C)C)cc2)CC6)[C@@]1(O)CC. The minimum Gasteiger partial charge on any atom is -0.444 e. The highest BCUT2D eigenvalue weighted by molar-refractivity contribution is 7.90. The normalized spacial score (nSPS) is 17.8. The number of fused-ring (bicyclic) bond motifs is 4. The first kappa shape index (κ1) is 70.1. The summed E-state index contributed by atoms with van der Waals surface area (Å²) in [6.07, 6.45) is 8.98. The van der Waals surface area contributed by atoms with Gasteiger partial charge in [0.1, 0.15) is 64.7 Å². The topological polar surface area (TPSA) is 358 Å². The number of nitrogens with zero attached hydrogens (tertiary/aromatic N) is 7. The van der Waals surface area contributed by atoms with E-state index in [4.69, 9.17) is 23.9 Å². The van der Waals surface area contributed by atoms with Gasteiger partial charge >= 0.3 is 12.1 Å². The van der Waals surface area contributed by atoms with E-state index in [9.17, 15) is 56.7 Å². The number of aliphatic hydroxyl groups is 1. The highest BCUT2D eigenvalue weighted by Crippen LogP contribution is 2.49. The number of hydrogen-bond donors (Lipinski definition) is 6. The fourth-order valence-electron chi connectivity index (χ4n) is 11.8. The van der Waals surface area contributed by atoms with E-state index in [1.54, 1.807) is 64.2 Å². The molecule has 2 aromatic heterocycles. The van der Waals surface area contributed by atoms with Crippen LogP contribution in [0.15, 0.2) is 78.2 Å². The third kappa shape index (κ3) is 17.0. The zero-order valence-corrected chi connectivity index (χ0v) is 54.7. The van der Waals surface area contributed by atoms with Gasteiger partial charge in [0.15, 0.2) is 0 Å². The van der Waals surface area contributed by atoms with E-state index in [2.05, 4.69) is 43.5 Å². The van der Waals surface area contributed by atoms with Gasteiger partial charge in [0, 0.05) is 79.2 Å². The molecule has 4 atom stereocenters. The maximum absolute atomic E-state index is 15.5. The lowest BCUT2D eigenvalue weighted by Crippen LogP contribution is -2.53. The van der Waals surface area contributed by atoms with Gasteiger partial charge in [-0.3, -0.25) is 43.4 Å². The van der Waals surface area contributed by atoms with E-state index >= 15 is 4.39 Å². The lowest BCUT2D eigenvalue weighted by molar-refractivity contribution is -0.140. The smallest absolute Gasteiger partial charge is 0.411 e. The summed E-state index contributed by atoms with van der Waals surface area (Å²) < 4.78 is 63.9. The molecular weight excluding hydrogens is 1260 g/mol. The Balaban J connectivity index is 0.696. The van der Waals surface area contributed by atoms with E-state index in [1.807, 2.05) is 4.90 Å². The van der Waals surface area contributed by atoms with Crippen molar-refractivity contribution in [3.63, 3.8) is 0 Å². The first-order valence-corrected chi connectivity index (χ1v) is 33.5. The number of cyclic esters (lactones) is 1. The number of pyridine rings is 1. The van der Waals surface area contributed by atoms with Gasteiger partial charge in [-0.2, -0.15) is 0 Å². The number of halogens is 1. The number of aryl methyl sites for hydroxylation is 1. The molecule has 0 saturated carbocycles. The quantitative estimate of drug-likeness (QED) is 0.0182. The van der Waals surface area contributed by atoms with Crippen LogP contribution in [-0.2, 0) is 99.8 Å². The molecule has 5 aliphatic rings. The molecule has 30 heteroatoms. The molecule has 0 radical (unpaired) electrons. The van der Waals surface area contributed by atoms with Crippen molar-refractivity contribution < 1.29 is 80.0 Å². The number of hydrogen-bond acceptors (Lipinski definition) is 20. The van der Waals surface area contributed by atoms with Crippen LogP contribution in [0.2, 0.25) is 0 Å². The summed E-state index contributed by atoms with van der Waals surface area (Å²) in [5.74, 6) is -4.91. The highest BCUT2D eigenvalue weighted by Gasteiger charge is 2.47. The van der Waals surface area contributed by atoms with Gasteiger partial charge in [0.05, 0.1) is 73.3 Å². The van der Waals surface area contributed by atoms with Gasteiger partial charge in [-0.15, -0.1) is 5.10 Å². The Hall–Kier alpha value is -9.26. The molecule has 8 amide bonds. The molecule has 6 N–H and O–H groups in total. The van der Waals surface area contributed by atoms with E-state index in [-0.39, 0.29) is 100 Å². The molecule has 4 aliphatic heterocycles. The standard InChI is InChI=1S/C65H79FN12O16S/c1-8-65(88)40(6)94-63(86)45-32-76-33-46-58-49(18-17-44-38(4)48(66)29-50(57(44)58)71-60(46)51(76)28-47(45)65)70-54(81)35-92-36-75(24-27-95(7,89)90)64(87)93-34-41-13-15-42(16-14-41)69-61(84)39(5)68-62(85)59(37(2)3)72-53(80)21-25-91-26-23-77-31-43(73-74-77)30-67-52(79)12-10-9-11-22-78-55(82)19-20-56(78)83/h13-16,19-20,28-29,31,37,39,49,59,88H,6,8-12,17-18,21-27,30,32-36H2,1-5,7H3,(H,67,79)(H,68,85)(H,69,84)(H,70,81)(H,72,80)/t39-,49-,59-,65+/m0/s1. The molecule has 6 heterocycles. The third-order valence-electron chi connectivity index (χ3n) is 17.1. The molecule has 0 fully saturated rings. The number of benzene rings is 2. The molecule has 0 unspecified atom stereocenters. The Kier molecular flexibility index (Phi) is 22.4. The van der Waals surface area contributed by atoms with Crippen molar-refractivity contribution in [3.8, 4) is 0 Å². The van der Waals surface area contributed by atoms with Crippen LogP contribution in [0.3, 0.4) is 0 Å². The Morgan fingerprint density at radius 3 is 2.39 bits per heavy atom. The number of unbranched alkanes of at least 4 members (excludes halogenated alkanes) is 2. The average Bonchev–Trinajstić information content (AvgIpc) is 1.64. The fraction of sp³-hybridized carbons (Fsp3) is 0.477. The van der Waals surface area contributed by atoms with Crippen LogP contribution in [-0.4, -0.2) is 177 Å². The molecule has 0 spiro atoms. The van der Waals surface area contributed by atoms with Crippen LogP contribution < -0.4 is 26.6 Å². The van der Waals surface area contributed by atoms with Crippen LogP contribution in [0.4, 0.5) is 14.9 Å². The highest BCUT2D eigenvalue weighted by atomic mass is 32.2. The second kappa shape index (κ2) is 30.4. The first-order valence-electron chi connectivity index (χ1n) is 31.4. The van der Waals surface area contributed by atoms with Crippen molar-refractivity contribution >= 4 is 85.5 Å². The number of carbonyl (C=O) groups is 9. The summed E-state index contributed by atoms with van der Waals surface area (Å²) in [6.45, 7) is 12.0. The number of amides is 8. The van der Waals surface area contributed by atoms with Crippen LogP contribution in [0, 0.1) is 18.7 Å². The Morgan fingerprint density at radius 2 is 1.67 bits per heavy atom. The number of imide groups is 1. The van der Waals surface area contributed by atoms with Crippen LogP contribution in [0.5, 0.6) is 0 Å². The average molecular weight is 1340 g/mol.